The normalized spacial score (nSPS) is 14.9. The lowest BCUT2D eigenvalue weighted by molar-refractivity contribution is -0.113. The molecule has 0 aliphatic carbocycles. The second-order valence-corrected chi connectivity index (χ2v) is 11.3. The molecule has 3 aromatic carbocycles. The minimum absolute atomic E-state index is 0.303. The molecule has 0 fully saturated rings. The molecule has 0 spiro atoms. The molecular weight excluding hydrogens is 593 g/mol. The Morgan fingerprint density at radius 1 is 1.05 bits per heavy atom. The first kappa shape index (κ1) is 27.8. The zero-order valence-electron chi connectivity index (χ0n) is 22.4. The largest absolute Gasteiger partial charge is 0.497 e. The number of ether oxygens (including phenoxy) is 1. The summed E-state index contributed by atoms with van der Waals surface area (Å²) in [5.74, 6) is 1.24. The molecule has 0 saturated heterocycles. The van der Waals surface area contributed by atoms with Crippen LogP contribution in [0, 0.1) is 0 Å². The van der Waals surface area contributed by atoms with Gasteiger partial charge in [-0.15, -0.1) is 0 Å². The standard InChI is InChI=1S/C32H23Cl2N3O4S/c1-18-27(30(38)36-20-9-4-3-5-10-20)29(19-8-6-11-21(16-19)40-2)37-31(39)26(42-32(37)35-18)17-22-14-15-25(41-22)23-12-7-13-24(33)28(23)34/h3-17,29H,1-2H3,(H,36,38)/b26-17-. The van der Waals surface area contributed by atoms with E-state index in [4.69, 9.17) is 37.3 Å². The summed E-state index contributed by atoms with van der Waals surface area (Å²) in [6.07, 6.45) is 1.66. The Balaban J connectivity index is 1.47. The SMILES string of the molecule is COc1cccc(C2C(C(=O)Nc3ccccc3)=C(C)N=c3s/c(=C\c4ccc(-c5cccc(Cl)c5Cl)o4)c(=O)n32)c1. The third-order valence-electron chi connectivity index (χ3n) is 6.82. The van der Waals surface area contributed by atoms with Crippen molar-refractivity contribution in [3.63, 3.8) is 0 Å². The Labute approximate surface area is 254 Å². The van der Waals surface area contributed by atoms with Gasteiger partial charge in [0.25, 0.3) is 11.5 Å². The third kappa shape index (κ3) is 5.20. The summed E-state index contributed by atoms with van der Waals surface area (Å²) in [4.78, 5) is 32.9. The van der Waals surface area contributed by atoms with Crippen LogP contribution < -0.4 is 24.9 Å². The van der Waals surface area contributed by atoms with Crippen molar-refractivity contribution in [2.45, 2.75) is 13.0 Å². The molecule has 2 aromatic heterocycles. The molecule has 1 N–H and O–H groups in total. The van der Waals surface area contributed by atoms with Crippen molar-refractivity contribution < 1.29 is 13.9 Å². The van der Waals surface area contributed by atoms with E-state index in [1.807, 2.05) is 48.5 Å². The molecule has 0 saturated carbocycles. The number of anilines is 1. The van der Waals surface area contributed by atoms with E-state index >= 15 is 0 Å². The van der Waals surface area contributed by atoms with Gasteiger partial charge < -0.3 is 14.5 Å². The molecule has 10 heteroatoms. The number of hydrogen-bond donors (Lipinski definition) is 1. The lowest BCUT2D eigenvalue weighted by Gasteiger charge is -2.25. The van der Waals surface area contributed by atoms with E-state index < -0.39 is 6.04 Å². The van der Waals surface area contributed by atoms with E-state index in [0.29, 0.717) is 64.7 Å². The van der Waals surface area contributed by atoms with Gasteiger partial charge in [-0.25, -0.2) is 4.99 Å². The number of methoxy groups -OCH3 is 1. The Hall–Kier alpha value is -4.37. The maximum atomic E-state index is 14.0. The first-order chi connectivity index (χ1) is 20.3. The fraction of sp³-hybridized carbons (Fsp3) is 0.0938. The third-order valence-corrected chi connectivity index (χ3v) is 8.63. The number of nitrogens with zero attached hydrogens (tertiary/aromatic N) is 2. The number of para-hydroxylation sites is 1. The van der Waals surface area contributed by atoms with Gasteiger partial charge >= 0.3 is 0 Å². The Kier molecular flexibility index (Phi) is 7.60. The average Bonchev–Trinajstić information content (AvgIpc) is 3.58. The number of aromatic nitrogens is 1. The minimum Gasteiger partial charge on any atom is -0.497 e. The second-order valence-electron chi connectivity index (χ2n) is 9.48. The number of carbonyl (C=O) groups is 1. The van der Waals surface area contributed by atoms with E-state index in [0.717, 1.165) is 0 Å². The average molecular weight is 617 g/mol. The fourth-order valence-electron chi connectivity index (χ4n) is 4.86. The zero-order valence-corrected chi connectivity index (χ0v) is 24.8. The van der Waals surface area contributed by atoms with Crippen molar-refractivity contribution >= 4 is 52.2 Å². The molecule has 1 unspecified atom stereocenters. The smallest absolute Gasteiger partial charge is 0.271 e. The van der Waals surface area contributed by atoms with Crippen LogP contribution in [0.1, 0.15) is 24.3 Å². The van der Waals surface area contributed by atoms with E-state index in [1.54, 1.807) is 61.1 Å². The van der Waals surface area contributed by atoms with Crippen LogP contribution in [0.5, 0.6) is 5.75 Å². The van der Waals surface area contributed by atoms with E-state index in [1.165, 1.54) is 11.3 Å². The van der Waals surface area contributed by atoms with Gasteiger partial charge in [-0.05, 0) is 61.0 Å². The predicted molar refractivity (Wildman–Crippen MR) is 166 cm³/mol. The number of rotatable bonds is 6. The second kappa shape index (κ2) is 11.5. The topological polar surface area (TPSA) is 85.8 Å². The molecule has 0 radical (unpaired) electrons. The highest BCUT2D eigenvalue weighted by Crippen LogP contribution is 2.35. The first-order valence-electron chi connectivity index (χ1n) is 12.9. The van der Waals surface area contributed by atoms with Gasteiger partial charge in [0.2, 0.25) is 0 Å². The Bertz CT molecular complexity index is 2040. The number of hydrogen-bond acceptors (Lipinski definition) is 6. The van der Waals surface area contributed by atoms with Gasteiger partial charge in [-0.3, -0.25) is 14.2 Å². The summed E-state index contributed by atoms with van der Waals surface area (Å²) in [5, 5.41) is 3.75. The number of carbonyl (C=O) groups excluding carboxylic acids is 1. The van der Waals surface area contributed by atoms with Gasteiger partial charge in [0.15, 0.2) is 4.80 Å². The number of thiazole rings is 1. The number of amides is 1. The van der Waals surface area contributed by atoms with Crippen LogP contribution in [0.3, 0.4) is 0 Å². The summed E-state index contributed by atoms with van der Waals surface area (Å²) in [6, 6.07) is 24.6. The molecule has 5 aromatic rings. The summed E-state index contributed by atoms with van der Waals surface area (Å²) in [7, 11) is 1.57. The molecule has 6 rings (SSSR count). The highest BCUT2D eigenvalue weighted by Gasteiger charge is 2.33. The van der Waals surface area contributed by atoms with Crippen LogP contribution in [-0.2, 0) is 4.79 Å². The monoisotopic (exact) mass is 615 g/mol. The molecule has 3 heterocycles. The Morgan fingerprint density at radius 2 is 1.83 bits per heavy atom. The lowest BCUT2D eigenvalue weighted by atomic mass is 9.95. The van der Waals surface area contributed by atoms with Gasteiger partial charge in [0.05, 0.1) is 39.0 Å². The van der Waals surface area contributed by atoms with Crippen LogP contribution in [0.25, 0.3) is 17.4 Å². The number of allylic oxidation sites excluding steroid dienone is 1. The van der Waals surface area contributed by atoms with Crippen molar-refractivity contribution in [2.24, 2.45) is 4.99 Å². The number of nitrogens with one attached hydrogen (secondary N) is 1. The summed E-state index contributed by atoms with van der Waals surface area (Å²) < 4.78 is 13.4. The summed E-state index contributed by atoms with van der Waals surface area (Å²) in [5.41, 5.74) is 2.57. The van der Waals surface area contributed by atoms with Gasteiger partial charge in [0.1, 0.15) is 17.3 Å². The predicted octanol–water partition coefficient (Wildman–Crippen LogP) is 6.45. The molecule has 42 heavy (non-hydrogen) atoms. The van der Waals surface area contributed by atoms with Gasteiger partial charge in [-0.2, -0.15) is 0 Å². The van der Waals surface area contributed by atoms with E-state index in [2.05, 4.69) is 5.32 Å². The number of halogens is 2. The highest BCUT2D eigenvalue weighted by atomic mass is 35.5. The molecule has 0 bridgehead atoms. The summed E-state index contributed by atoms with van der Waals surface area (Å²) >= 11 is 13.8. The van der Waals surface area contributed by atoms with Crippen molar-refractivity contribution in [1.29, 1.82) is 0 Å². The molecule has 1 aliphatic heterocycles. The number of fused-ring (bicyclic) bond motifs is 1. The maximum Gasteiger partial charge on any atom is 0.271 e. The molecule has 1 atom stereocenters. The van der Waals surface area contributed by atoms with Crippen LogP contribution in [0.4, 0.5) is 5.69 Å². The summed E-state index contributed by atoms with van der Waals surface area (Å²) in [6.45, 7) is 1.78. The van der Waals surface area contributed by atoms with Crippen LogP contribution in [-0.4, -0.2) is 17.6 Å². The molecule has 7 nitrogen and oxygen atoms in total. The van der Waals surface area contributed by atoms with Gasteiger partial charge in [0, 0.05) is 17.3 Å². The zero-order chi connectivity index (χ0) is 29.4. The minimum atomic E-state index is -0.736. The number of furan rings is 1. The molecular formula is C32H23Cl2N3O4S. The highest BCUT2D eigenvalue weighted by molar-refractivity contribution is 7.07. The number of benzene rings is 3. The lowest BCUT2D eigenvalue weighted by Crippen LogP contribution is -2.40. The van der Waals surface area contributed by atoms with Crippen LogP contribution in [0.2, 0.25) is 10.0 Å². The first-order valence-corrected chi connectivity index (χ1v) is 14.5. The van der Waals surface area contributed by atoms with Crippen LogP contribution >= 0.6 is 34.5 Å². The van der Waals surface area contributed by atoms with E-state index in [9.17, 15) is 9.59 Å². The fourth-order valence-corrected chi connectivity index (χ4v) is 6.28. The maximum absolute atomic E-state index is 14.0. The Morgan fingerprint density at radius 3 is 2.62 bits per heavy atom. The van der Waals surface area contributed by atoms with E-state index in [-0.39, 0.29) is 11.5 Å². The van der Waals surface area contributed by atoms with Crippen molar-refractivity contribution in [2.75, 3.05) is 12.4 Å². The van der Waals surface area contributed by atoms with Crippen molar-refractivity contribution in [3.05, 3.63) is 137 Å². The van der Waals surface area contributed by atoms with Gasteiger partial charge in [-0.1, -0.05) is 70.9 Å². The quantitative estimate of drug-likeness (QED) is 0.238. The van der Waals surface area contributed by atoms with Crippen molar-refractivity contribution in [1.82, 2.24) is 4.57 Å². The molecule has 1 aliphatic rings. The molecule has 210 valence electrons. The van der Waals surface area contributed by atoms with Crippen LogP contribution in [0.15, 0.2) is 110 Å². The molecule has 1 amide bonds. The van der Waals surface area contributed by atoms with Crippen molar-refractivity contribution in [3.8, 4) is 17.1 Å².